The first kappa shape index (κ1) is 19.9. The van der Waals surface area contributed by atoms with E-state index in [4.69, 9.17) is 16.3 Å². The molecule has 0 aliphatic carbocycles. The van der Waals surface area contributed by atoms with Crippen molar-refractivity contribution >= 4 is 39.2 Å². The minimum Gasteiger partial charge on any atom is -0.452 e. The molecule has 0 aliphatic heterocycles. The average Bonchev–Trinajstić information content (AvgIpc) is 2.62. The Morgan fingerprint density at radius 1 is 1.15 bits per heavy atom. The van der Waals surface area contributed by atoms with Crippen LogP contribution in [0, 0.1) is 6.92 Å². The van der Waals surface area contributed by atoms with E-state index < -0.39 is 28.5 Å². The van der Waals surface area contributed by atoms with Gasteiger partial charge in [0.25, 0.3) is 5.91 Å². The second kappa shape index (κ2) is 8.31. The van der Waals surface area contributed by atoms with Crippen LogP contribution >= 0.6 is 11.6 Å². The first-order valence-electron chi connectivity index (χ1n) is 7.49. The van der Waals surface area contributed by atoms with Gasteiger partial charge < -0.3 is 10.1 Å². The van der Waals surface area contributed by atoms with Gasteiger partial charge in [0.2, 0.25) is 10.0 Å². The maximum Gasteiger partial charge on any atom is 0.338 e. The number of hydrogen-bond donors (Lipinski definition) is 2. The molecule has 0 saturated heterocycles. The van der Waals surface area contributed by atoms with Gasteiger partial charge in [-0.15, -0.1) is 0 Å². The van der Waals surface area contributed by atoms with E-state index in [0.29, 0.717) is 10.7 Å². The molecule has 2 N–H and O–H groups in total. The summed E-state index contributed by atoms with van der Waals surface area (Å²) in [6.07, 6.45) is 0. The Balaban J connectivity index is 2.00. The lowest BCUT2D eigenvalue weighted by atomic mass is 10.2. The van der Waals surface area contributed by atoms with Crippen LogP contribution in [0.25, 0.3) is 0 Å². The van der Waals surface area contributed by atoms with Gasteiger partial charge in [-0.05, 0) is 55.9 Å². The zero-order chi connectivity index (χ0) is 19.3. The molecule has 2 aromatic rings. The van der Waals surface area contributed by atoms with Gasteiger partial charge in [-0.25, -0.2) is 17.9 Å². The van der Waals surface area contributed by atoms with Crippen LogP contribution in [-0.2, 0) is 19.6 Å². The first-order valence-corrected chi connectivity index (χ1v) is 9.36. The van der Waals surface area contributed by atoms with Crippen LogP contribution in [0.2, 0.25) is 5.02 Å². The number of sulfonamides is 1. The predicted molar refractivity (Wildman–Crippen MR) is 97.8 cm³/mol. The number of rotatable bonds is 6. The lowest BCUT2D eigenvalue weighted by Gasteiger charge is -2.10. The van der Waals surface area contributed by atoms with E-state index in [-0.39, 0.29) is 10.5 Å². The second-order valence-corrected chi connectivity index (χ2v) is 7.64. The number of hydrogen-bond acceptors (Lipinski definition) is 5. The largest absolute Gasteiger partial charge is 0.452 e. The molecule has 2 rings (SSSR count). The summed E-state index contributed by atoms with van der Waals surface area (Å²) in [5.74, 6) is -1.33. The molecule has 26 heavy (non-hydrogen) atoms. The van der Waals surface area contributed by atoms with Crippen molar-refractivity contribution in [2.24, 2.45) is 0 Å². The smallest absolute Gasteiger partial charge is 0.338 e. The topological polar surface area (TPSA) is 102 Å². The van der Waals surface area contributed by atoms with Crippen LogP contribution in [0.4, 0.5) is 5.69 Å². The number of amides is 1. The van der Waals surface area contributed by atoms with Crippen molar-refractivity contribution in [3.63, 3.8) is 0 Å². The molecular weight excluding hydrogens is 380 g/mol. The molecule has 0 radical (unpaired) electrons. The van der Waals surface area contributed by atoms with Crippen LogP contribution in [0.5, 0.6) is 0 Å². The van der Waals surface area contributed by atoms with Crippen LogP contribution in [0.3, 0.4) is 0 Å². The summed E-state index contributed by atoms with van der Waals surface area (Å²) < 4.78 is 30.6. The molecule has 1 amide bonds. The summed E-state index contributed by atoms with van der Waals surface area (Å²) >= 11 is 5.85. The zero-order valence-electron chi connectivity index (χ0n) is 14.1. The van der Waals surface area contributed by atoms with Crippen molar-refractivity contribution < 1.29 is 22.7 Å². The molecule has 0 fully saturated rings. The van der Waals surface area contributed by atoms with Crippen molar-refractivity contribution in [3.8, 4) is 0 Å². The molecule has 0 heterocycles. The van der Waals surface area contributed by atoms with Gasteiger partial charge in [0, 0.05) is 10.7 Å². The number of nitrogens with one attached hydrogen (secondary N) is 2. The Labute approximate surface area is 156 Å². The number of carbonyl (C=O) groups excluding carboxylic acids is 2. The molecule has 7 nitrogen and oxygen atoms in total. The third kappa shape index (κ3) is 5.04. The quantitative estimate of drug-likeness (QED) is 0.730. The SMILES string of the molecule is CNS(=O)(=O)c1cccc(C(=O)OCC(=O)Nc2ccc(Cl)cc2C)c1. The molecule has 0 bridgehead atoms. The number of halogens is 1. The summed E-state index contributed by atoms with van der Waals surface area (Å²) in [5.41, 5.74) is 1.34. The fraction of sp³-hybridized carbons (Fsp3) is 0.176. The van der Waals surface area contributed by atoms with Crippen molar-refractivity contribution in [2.45, 2.75) is 11.8 Å². The van der Waals surface area contributed by atoms with E-state index in [0.717, 1.165) is 5.56 Å². The highest BCUT2D eigenvalue weighted by Gasteiger charge is 2.16. The summed E-state index contributed by atoms with van der Waals surface area (Å²) in [4.78, 5) is 23.9. The van der Waals surface area contributed by atoms with Crippen LogP contribution in [0.1, 0.15) is 15.9 Å². The highest BCUT2D eigenvalue weighted by molar-refractivity contribution is 7.89. The summed E-state index contributed by atoms with van der Waals surface area (Å²) in [5, 5.41) is 3.15. The van der Waals surface area contributed by atoms with Gasteiger partial charge in [-0.1, -0.05) is 17.7 Å². The third-order valence-electron chi connectivity index (χ3n) is 3.45. The molecule has 0 saturated carbocycles. The molecule has 0 spiro atoms. The molecule has 2 aromatic carbocycles. The minimum atomic E-state index is -3.68. The molecule has 0 aliphatic rings. The summed E-state index contributed by atoms with van der Waals surface area (Å²) in [6, 6.07) is 10.3. The number of benzene rings is 2. The Bertz CT molecular complexity index is 944. The minimum absolute atomic E-state index is 0.0248. The third-order valence-corrected chi connectivity index (χ3v) is 5.09. The van der Waals surface area contributed by atoms with E-state index >= 15 is 0 Å². The monoisotopic (exact) mass is 396 g/mol. The lowest BCUT2D eigenvalue weighted by Crippen LogP contribution is -2.22. The van der Waals surface area contributed by atoms with E-state index in [9.17, 15) is 18.0 Å². The van der Waals surface area contributed by atoms with Crippen molar-refractivity contribution in [3.05, 3.63) is 58.6 Å². The van der Waals surface area contributed by atoms with Gasteiger partial charge in [-0.3, -0.25) is 4.79 Å². The van der Waals surface area contributed by atoms with Crippen molar-refractivity contribution in [1.82, 2.24) is 4.72 Å². The van der Waals surface area contributed by atoms with E-state index in [1.54, 1.807) is 25.1 Å². The molecular formula is C17H17ClN2O5S. The van der Waals surface area contributed by atoms with E-state index in [1.807, 2.05) is 0 Å². The molecule has 0 unspecified atom stereocenters. The fourth-order valence-corrected chi connectivity index (χ4v) is 3.08. The summed E-state index contributed by atoms with van der Waals surface area (Å²) in [7, 11) is -2.42. The maximum absolute atomic E-state index is 12.0. The number of anilines is 1. The second-order valence-electron chi connectivity index (χ2n) is 5.32. The normalized spacial score (nSPS) is 11.0. The highest BCUT2D eigenvalue weighted by atomic mass is 35.5. The molecule has 138 valence electrons. The van der Waals surface area contributed by atoms with Gasteiger partial charge in [0.15, 0.2) is 6.61 Å². The van der Waals surface area contributed by atoms with Gasteiger partial charge in [0.1, 0.15) is 0 Å². The zero-order valence-corrected chi connectivity index (χ0v) is 15.6. The number of esters is 1. The Morgan fingerprint density at radius 3 is 2.54 bits per heavy atom. The maximum atomic E-state index is 12.0. The number of carbonyl (C=O) groups is 2. The van der Waals surface area contributed by atoms with Crippen molar-refractivity contribution in [2.75, 3.05) is 19.0 Å². The van der Waals surface area contributed by atoms with Crippen LogP contribution < -0.4 is 10.0 Å². The Morgan fingerprint density at radius 2 is 1.88 bits per heavy atom. The Kier molecular flexibility index (Phi) is 6.36. The van der Waals surface area contributed by atoms with Crippen LogP contribution in [0.15, 0.2) is 47.4 Å². The predicted octanol–water partition coefficient (Wildman–Crippen LogP) is 2.35. The molecule has 0 aromatic heterocycles. The first-order chi connectivity index (χ1) is 12.2. The van der Waals surface area contributed by atoms with E-state index in [2.05, 4.69) is 10.0 Å². The van der Waals surface area contributed by atoms with Gasteiger partial charge in [-0.2, -0.15) is 0 Å². The molecule has 9 heteroatoms. The average molecular weight is 397 g/mol. The van der Waals surface area contributed by atoms with Crippen LogP contribution in [-0.4, -0.2) is 33.9 Å². The summed E-state index contributed by atoms with van der Waals surface area (Å²) in [6.45, 7) is 1.27. The lowest BCUT2D eigenvalue weighted by molar-refractivity contribution is -0.119. The Hall–Kier alpha value is -2.42. The fourth-order valence-electron chi connectivity index (χ4n) is 2.08. The van der Waals surface area contributed by atoms with Crippen molar-refractivity contribution in [1.29, 1.82) is 0 Å². The number of ether oxygens (including phenoxy) is 1. The van der Waals surface area contributed by atoms with E-state index in [1.165, 1.54) is 31.3 Å². The standard InChI is InChI=1S/C17H17ClN2O5S/c1-11-8-13(18)6-7-15(11)20-16(21)10-25-17(22)12-4-3-5-14(9-12)26(23,24)19-2/h3-9,19H,10H2,1-2H3,(H,20,21). The highest BCUT2D eigenvalue weighted by Crippen LogP contribution is 2.19. The molecule has 0 atom stereocenters. The van der Waals surface area contributed by atoms with Gasteiger partial charge in [0.05, 0.1) is 10.5 Å². The number of aryl methyl sites for hydroxylation is 1. The van der Waals surface area contributed by atoms with Gasteiger partial charge >= 0.3 is 5.97 Å².